The van der Waals surface area contributed by atoms with Gasteiger partial charge in [0.05, 0.1) is 5.75 Å². The molecule has 4 nitrogen and oxygen atoms in total. The van der Waals surface area contributed by atoms with Crippen LogP contribution in [0, 0.1) is 6.92 Å². The normalized spacial score (nSPS) is 11.8. The second-order valence-electron chi connectivity index (χ2n) is 6.71. The summed E-state index contributed by atoms with van der Waals surface area (Å²) in [7, 11) is 1.60. The number of amides is 2. The number of halogens is 2. The zero-order valence-electron chi connectivity index (χ0n) is 16.9. The number of hydrogen-bond donors (Lipinski definition) is 1. The highest BCUT2D eigenvalue weighted by Gasteiger charge is 2.28. The van der Waals surface area contributed by atoms with Crippen LogP contribution in [0.5, 0.6) is 0 Å². The van der Waals surface area contributed by atoms with E-state index in [-0.39, 0.29) is 17.6 Å². The summed E-state index contributed by atoms with van der Waals surface area (Å²) in [5.74, 6) is 0.633. The van der Waals surface area contributed by atoms with Crippen molar-refractivity contribution in [3.05, 3.63) is 69.2 Å². The topological polar surface area (TPSA) is 49.4 Å². The Kier molecular flexibility index (Phi) is 9.34. The first-order chi connectivity index (χ1) is 13.9. The van der Waals surface area contributed by atoms with Crippen molar-refractivity contribution >= 4 is 46.8 Å². The highest BCUT2D eigenvalue weighted by Crippen LogP contribution is 2.25. The molecule has 156 valence electrons. The van der Waals surface area contributed by atoms with Gasteiger partial charge in [-0.25, -0.2) is 0 Å². The lowest BCUT2D eigenvalue weighted by Gasteiger charge is -2.30. The van der Waals surface area contributed by atoms with E-state index < -0.39 is 6.04 Å². The molecule has 7 heteroatoms. The molecule has 0 spiro atoms. The van der Waals surface area contributed by atoms with Gasteiger partial charge in [0.1, 0.15) is 6.04 Å². The third kappa shape index (κ3) is 6.66. The van der Waals surface area contributed by atoms with Crippen LogP contribution in [0.3, 0.4) is 0 Å². The minimum absolute atomic E-state index is 0.0706. The summed E-state index contributed by atoms with van der Waals surface area (Å²) in [6.07, 6.45) is 0.547. The van der Waals surface area contributed by atoms with Gasteiger partial charge in [0.25, 0.3) is 0 Å². The number of aryl methyl sites for hydroxylation is 1. The van der Waals surface area contributed by atoms with Crippen LogP contribution >= 0.6 is 35.0 Å². The number of carbonyl (C=O) groups is 2. The molecule has 2 rings (SSSR count). The van der Waals surface area contributed by atoms with Crippen LogP contribution in [0.4, 0.5) is 0 Å². The SMILES string of the molecule is CC[C@H](C(=O)NC)N(Cc1ccccc1C)C(=O)CSCc1ccc(Cl)cc1Cl. The highest BCUT2D eigenvalue weighted by atomic mass is 35.5. The van der Waals surface area contributed by atoms with Crippen LogP contribution in [-0.4, -0.2) is 35.6 Å². The highest BCUT2D eigenvalue weighted by molar-refractivity contribution is 7.99. The Bertz CT molecular complexity index is 860. The van der Waals surface area contributed by atoms with Crippen molar-refractivity contribution < 1.29 is 9.59 Å². The Morgan fingerprint density at radius 1 is 1.14 bits per heavy atom. The number of rotatable bonds is 9. The maximum atomic E-state index is 13.1. The molecule has 0 radical (unpaired) electrons. The Morgan fingerprint density at radius 3 is 2.48 bits per heavy atom. The average Bonchev–Trinajstić information content (AvgIpc) is 2.70. The van der Waals surface area contributed by atoms with Gasteiger partial charge in [-0.15, -0.1) is 11.8 Å². The van der Waals surface area contributed by atoms with Gasteiger partial charge in [0, 0.05) is 29.4 Å². The fraction of sp³-hybridized carbons (Fsp3) is 0.364. The molecule has 0 heterocycles. The standard InChI is InChI=1S/C22H26Cl2N2O2S/c1-4-20(22(28)25-3)26(12-16-8-6-5-7-15(16)2)21(27)14-29-13-17-9-10-18(23)11-19(17)24/h5-11,20H,4,12-14H2,1-3H3,(H,25,28)/t20-/m1/s1. The molecule has 0 aliphatic carbocycles. The van der Waals surface area contributed by atoms with Crippen LogP contribution in [0.1, 0.15) is 30.0 Å². The van der Waals surface area contributed by atoms with Gasteiger partial charge in [0.2, 0.25) is 11.8 Å². The van der Waals surface area contributed by atoms with E-state index >= 15 is 0 Å². The lowest BCUT2D eigenvalue weighted by Crippen LogP contribution is -2.48. The number of thioether (sulfide) groups is 1. The molecule has 1 N–H and O–H groups in total. The van der Waals surface area contributed by atoms with Crippen molar-refractivity contribution in [2.24, 2.45) is 0 Å². The molecule has 1 atom stereocenters. The molecule has 0 saturated heterocycles. The quantitative estimate of drug-likeness (QED) is 0.576. The third-order valence-corrected chi connectivity index (χ3v) is 6.29. The van der Waals surface area contributed by atoms with Gasteiger partial charge >= 0.3 is 0 Å². The Morgan fingerprint density at radius 2 is 1.86 bits per heavy atom. The summed E-state index contributed by atoms with van der Waals surface area (Å²) >= 11 is 13.6. The van der Waals surface area contributed by atoms with E-state index in [0.29, 0.717) is 28.8 Å². The van der Waals surface area contributed by atoms with Gasteiger partial charge in [-0.05, 0) is 42.2 Å². The van der Waals surface area contributed by atoms with E-state index in [1.807, 2.05) is 44.2 Å². The van der Waals surface area contributed by atoms with Crippen molar-refractivity contribution in [3.8, 4) is 0 Å². The monoisotopic (exact) mass is 452 g/mol. The first-order valence-corrected chi connectivity index (χ1v) is 11.4. The lowest BCUT2D eigenvalue weighted by atomic mass is 10.1. The van der Waals surface area contributed by atoms with Crippen molar-refractivity contribution in [2.75, 3.05) is 12.8 Å². The van der Waals surface area contributed by atoms with Gasteiger partial charge in [-0.3, -0.25) is 9.59 Å². The Balaban J connectivity index is 2.12. The van der Waals surface area contributed by atoms with Crippen LogP contribution in [0.25, 0.3) is 0 Å². The van der Waals surface area contributed by atoms with Gasteiger partial charge in [-0.1, -0.05) is 60.5 Å². The maximum absolute atomic E-state index is 13.1. The van der Waals surface area contributed by atoms with E-state index in [0.717, 1.165) is 16.7 Å². The fourth-order valence-corrected chi connectivity index (χ4v) is 4.50. The molecule has 0 bridgehead atoms. The fourth-order valence-electron chi connectivity index (χ4n) is 3.03. The molecule has 2 aromatic rings. The van der Waals surface area contributed by atoms with E-state index in [1.165, 1.54) is 11.8 Å². The molecule has 0 aliphatic rings. The van der Waals surface area contributed by atoms with Crippen molar-refractivity contribution in [1.82, 2.24) is 10.2 Å². The number of benzene rings is 2. The molecule has 0 unspecified atom stereocenters. The summed E-state index contributed by atoms with van der Waals surface area (Å²) in [4.78, 5) is 27.2. The van der Waals surface area contributed by atoms with Crippen LogP contribution in [-0.2, 0) is 21.9 Å². The van der Waals surface area contributed by atoms with Crippen LogP contribution in [0.15, 0.2) is 42.5 Å². The molecule has 0 aliphatic heterocycles. The molecule has 29 heavy (non-hydrogen) atoms. The van der Waals surface area contributed by atoms with E-state index in [1.54, 1.807) is 24.1 Å². The molecule has 2 amide bonds. The molecular formula is C22H26Cl2N2O2S. The summed E-state index contributed by atoms with van der Waals surface area (Å²) in [6, 6.07) is 12.8. The van der Waals surface area contributed by atoms with Crippen molar-refractivity contribution in [3.63, 3.8) is 0 Å². The number of carbonyl (C=O) groups excluding carboxylic acids is 2. The zero-order chi connectivity index (χ0) is 21.4. The molecule has 2 aromatic carbocycles. The summed E-state index contributed by atoms with van der Waals surface area (Å²) < 4.78 is 0. The molecule has 0 saturated carbocycles. The Labute approximate surface area is 187 Å². The van der Waals surface area contributed by atoms with Crippen molar-refractivity contribution in [1.29, 1.82) is 0 Å². The van der Waals surface area contributed by atoms with E-state index in [9.17, 15) is 9.59 Å². The second kappa shape index (κ2) is 11.5. The third-order valence-electron chi connectivity index (χ3n) is 4.73. The summed E-state index contributed by atoms with van der Waals surface area (Å²) in [5.41, 5.74) is 3.06. The first kappa shape index (κ1) is 23.6. The molecular weight excluding hydrogens is 427 g/mol. The predicted octanol–water partition coefficient (Wildman–Crippen LogP) is 5.09. The predicted molar refractivity (Wildman–Crippen MR) is 122 cm³/mol. The first-order valence-electron chi connectivity index (χ1n) is 9.44. The molecule has 0 aromatic heterocycles. The van der Waals surface area contributed by atoms with Crippen LogP contribution < -0.4 is 5.32 Å². The summed E-state index contributed by atoms with van der Waals surface area (Å²) in [5, 5.41) is 3.85. The van der Waals surface area contributed by atoms with Crippen LogP contribution in [0.2, 0.25) is 10.0 Å². The number of nitrogens with one attached hydrogen (secondary N) is 1. The number of likely N-dealkylation sites (N-methyl/N-ethyl adjacent to an activating group) is 1. The van der Waals surface area contributed by atoms with Crippen molar-refractivity contribution in [2.45, 2.75) is 38.6 Å². The number of nitrogens with zero attached hydrogens (tertiary/aromatic N) is 1. The minimum Gasteiger partial charge on any atom is -0.357 e. The largest absolute Gasteiger partial charge is 0.357 e. The second-order valence-corrected chi connectivity index (χ2v) is 8.54. The van der Waals surface area contributed by atoms with Gasteiger partial charge < -0.3 is 10.2 Å². The molecule has 0 fully saturated rings. The number of hydrogen-bond acceptors (Lipinski definition) is 3. The minimum atomic E-state index is -0.508. The zero-order valence-corrected chi connectivity index (χ0v) is 19.2. The Hall–Kier alpha value is -1.69. The van der Waals surface area contributed by atoms with Gasteiger partial charge in [0.15, 0.2) is 0 Å². The van der Waals surface area contributed by atoms with E-state index in [2.05, 4.69) is 5.32 Å². The maximum Gasteiger partial charge on any atom is 0.242 e. The average molecular weight is 453 g/mol. The van der Waals surface area contributed by atoms with E-state index in [4.69, 9.17) is 23.2 Å². The summed E-state index contributed by atoms with van der Waals surface area (Å²) in [6.45, 7) is 4.33. The lowest BCUT2D eigenvalue weighted by molar-refractivity contribution is -0.139. The van der Waals surface area contributed by atoms with Gasteiger partial charge in [-0.2, -0.15) is 0 Å². The smallest absolute Gasteiger partial charge is 0.242 e.